The van der Waals surface area contributed by atoms with Gasteiger partial charge in [-0.1, -0.05) is 18.2 Å². The van der Waals surface area contributed by atoms with Gasteiger partial charge in [0.2, 0.25) is 5.79 Å². The summed E-state index contributed by atoms with van der Waals surface area (Å²) in [4.78, 5) is 24.7. The molecule has 1 atom stereocenters. The molecule has 0 radical (unpaired) electrons. The summed E-state index contributed by atoms with van der Waals surface area (Å²) in [7, 11) is 0. The molecule has 0 aromatic heterocycles. The Morgan fingerprint density at radius 3 is 2.38 bits per heavy atom. The van der Waals surface area contributed by atoms with Crippen molar-refractivity contribution in [2.75, 3.05) is 5.32 Å². The van der Waals surface area contributed by atoms with Crippen LogP contribution in [0.1, 0.15) is 36.7 Å². The summed E-state index contributed by atoms with van der Waals surface area (Å²) >= 11 is 0. The van der Waals surface area contributed by atoms with E-state index in [9.17, 15) is 22.8 Å². The van der Waals surface area contributed by atoms with Gasteiger partial charge in [-0.3, -0.25) is 4.74 Å². The standard InChI is InChI=1S/C20H18F3NO5/c1-18(2)28-17(26)19(3,29-18)27-16(25)14-9-4-5-10-15(14)24-13-8-6-7-12(11-13)20(21,22)23/h4-11,24H,1-3H3. The maximum atomic E-state index is 12.9. The van der Waals surface area contributed by atoms with Crippen LogP contribution in [0.25, 0.3) is 0 Å². The van der Waals surface area contributed by atoms with E-state index in [1.54, 1.807) is 12.1 Å². The highest BCUT2D eigenvalue weighted by Gasteiger charge is 2.54. The van der Waals surface area contributed by atoms with E-state index in [1.807, 2.05) is 0 Å². The Morgan fingerprint density at radius 2 is 1.76 bits per heavy atom. The van der Waals surface area contributed by atoms with E-state index in [0.29, 0.717) is 0 Å². The number of alkyl halides is 3. The zero-order valence-electron chi connectivity index (χ0n) is 15.8. The summed E-state index contributed by atoms with van der Waals surface area (Å²) in [5, 5.41) is 2.77. The number of halogens is 3. The van der Waals surface area contributed by atoms with Crippen molar-refractivity contribution in [2.45, 2.75) is 38.5 Å². The highest BCUT2D eigenvalue weighted by atomic mass is 19.4. The SMILES string of the molecule is CC1(C)OC(=O)C(C)(OC(=O)c2ccccc2Nc2cccc(C(F)(F)F)c2)O1. The molecule has 6 nitrogen and oxygen atoms in total. The summed E-state index contributed by atoms with van der Waals surface area (Å²) in [5.41, 5.74) is -0.498. The van der Waals surface area contributed by atoms with E-state index in [-0.39, 0.29) is 16.9 Å². The summed E-state index contributed by atoms with van der Waals surface area (Å²) in [6, 6.07) is 10.6. The summed E-state index contributed by atoms with van der Waals surface area (Å²) < 4.78 is 54.4. The second-order valence-electron chi connectivity index (χ2n) is 6.98. The zero-order valence-corrected chi connectivity index (χ0v) is 15.8. The fourth-order valence-corrected chi connectivity index (χ4v) is 2.84. The monoisotopic (exact) mass is 409 g/mol. The van der Waals surface area contributed by atoms with Crippen LogP contribution >= 0.6 is 0 Å². The molecule has 2 aromatic carbocycles. The second kappa shape index (κ2) is 7.07. The van der Waals surface area contributed by atoms with Gasteiger partial charge in [-0.15, -0.1) is 0 Å². The predicted molar refractivity (Wildman–Crippen MR) is 96.2 cm³/mol. The number of carbonyl (C=O) groups excluding carboxylic acids is 2. The smallest absolute Gasteiger partial charge is 0.416 e. The average Bonchev–Trinajstić information content (AvgIpc) is 2.81. The number of cyclic esters (lactones) is 1. The number of para-hydroxylation sites is 1. The molecule has 0 amide bonds. The number of esters is 2. The average molecular weight is 409 g/mol. The topological polar surface area (TPSA) is 73.9 Å². The third-order valence-corrected chi connectivity index (χ3v) is 4.05. The molecule has 1 heterocycles. The number of ether oxygens (including phenoxy) is 3. The van der Waals surface area contributed by atoms with Gasteiger partial charge >= 0.3 is 23.9 Å². The maximum Gasteiger partial charge on any atom is 0.416 e. The fraction of sp³-hybridized carbons (Fsp3) is 0.300. The van der Waals surface area contributed by atoms with E-state index in [1.165, 1.54) is 45.0 Å². The van der Waals surface area contributed by atoms with Crippen LogP contribution in [-0.2, 0) is 25.2 Å². The minimum absolute atomic E-state index is 0.00671. The molecular formula is C20H18F3NO5. The van der Waals surface area contributed by atoms with Crippen molar-refractivity contribution in [3.05, 3.63) is 59.7 Å². The molecule has 3 rings (SSSR count). The Morgan fingerprint density at radius 1 is 1.07 bits per heavy atom. The maximum absolute atomic E-state index is 12.9. The zero-order chi connectivity index (χ0) is 21.4. The lowest BCUT2D eigenvalue weighted by atomic mass is 10.1. The highest BCUT2D eigenvalue weighted by Crippen LogP contribution is 2.35. The number of hydrogen-bond donors (Lipinski definition) is 1. The van der Waals surface area contributed by atoms with Crippen molar-refractivity contribution in [3.63, 3.8) is 0 Å². The van der Waals surface area contributed by atoms with Crippen LogP contribution in [0.4, 0.5) is 24.5 Å². The number of benzene rings is 2. The Hall–Kier alpha value is -3.07. The van der Waals surface area contributed by atoms with Crippen LogP contribution in [0.2, 0.25) is 0 Å². The number of rotatable bonds is 4. The molecule has 0 aliphatic carbocycles. The van der Waals surface area contributed by atoms with Gasteiger partial charge in [-0.25, -0.2) is 9.59 Å². The van der Waals surface area contributed by atoms with Crippen molar-refractivity contribution in [2.24, 2.45) is 0 Å². The molecule has 1 unspecified atom stereocenters. The van der Waals surface area contributed by atoms with E-state index in [4.69, 9.17) is 14.2 Å². The van der Waals surface area contributed by atoms with Crippen LogP contribution in [0.15, 0.2) is 48.5 Å². The van der Waals surface area contributed by atoms with Gasteiger partial charge < -0.3 is 14.8 Å². The van der Waals surface area contributed by atoms with Gasteiger partial charge in [0.1, 0.15) is 0 Å². The van der Waals surface area contributed by atoms with Crippen LogP contribution in [0.3, 0.4) is 0 Å². The second-order valence-corrected chi connectivity index (χ2v) is 6.98. The lowest BCUT2D eigenvalue weighted by Gasteiger charge is -2.22. The van der Waals surface area contributed by atoms with Gasteiger partial charge in [0.25, 0.3) is 0 Å². The Bertz CT molecular complexity index is 957. The number of anilines is 2. The first-order valence-corrected chi connectivity index (χ1v) is 8.60. The fourth-order valence-electron chi connectivity index (χ4n) is 2.84. The lowest BCUT2D eigenvalue weighted by Crippen LogP contribution is -2.39. The van der Waals surface area contributed by atoms with Gasteiger partial charge in [0, 0.05) is 26.5 Å². The first kappa shape index (κ1) is 20.7. The third-order valence-electron chi connectivity index (χ3n) is 4.05. The molecule has 1 aliphatic heterocycles. The number of hydrogen-bond acceptors (Lipinski definition) is 6. The normalized spacial score (nSPS) is 20.8. The number of carbonyl (C=O) groups is 2. The molecule has 1 fully saturated rings. The van der Waals surface area contributed by atoms with Crippen molar-refractivity contribution in [3.8, 4) is 0 Å². The van der Waals surface area contributed by atoms with Gasteiger partial charge in [-0.05, 0) is 30.3 Å². The van der Waals surface area contributed by atoms with Crippen LogP contribution in [0, 0.1) is 0 Å². The van der Waals surface area contributed by atoms with Crippen molar-refractivity contribution in [1.82, 2.24) is 0 Å². The lowest BCUT2D eigenvalue weighted by molar-refractivity contribution is -0.221. The molecule has 154 valence electrons. The van der Waals surface area contributed by atoms with Crippen molar-refractivity contribution >= 4 is 23.3 Å². The van der Waals surface area contributed by atoms with Gasteiger partial charge in [-0.2, -0.15) is 13.2 Å². The Labute approximate surface area is 164 Å². The van der Waals surface area contributed by atoms with Gasteiger partial charge in [0.15, 0.2) is 0 Å². The molecule has 29 heavy (non-hydrogen) atoms. The number of nitrogens with one attached hydrogen (secondary N) is 1. The van der Waals surface area contributed by atoms with Crippen molar-refractivity contribution < 1.29 is 37.0 Å². The molecule has 0 saturated carbocycles. The highest BCUT2D eigenvalue weighted by molar-refractivity contribution is 5.98. The molecule has 0 bridgehead atoms. The molecule has 1 saturated heterocycles. The predicted octanol–water partition coefficient (Wildman–Crippen LogP) is 4.63. The molecule has 2 aromatic rings. The Balaban J connectivity index is 1.84. The largest absolute Gasteiger partial charge is 0.429 e. The van der Waals surface area contributed by atoms with Gasteiger partial charge in [0.05, 0.1) is 16.8 Å². The minimum Gasteiger partial charge on any atom is -0.429 e. The molecule has 0 spiro atoms. The van der Waals surface area contributed by atoms with E-state index < -0.39 is 35.3 Å². The molecule has 9 heteroatoms. The quantitative estimate of drug-likeness (QED) is 0.743. The molecule has 1 N–H and O–H groups in total. The van der Waals surface area contributed by atoms with Crippen LogP contribution < -0.4 is 5.32 Å². The van der Waals surface area contributed by atoms with E-state index in [2.05, 4.69) is 5.32 Å². The summed E-state index contributed by atoms with van der Waals surface area (Å²) in [6.45, 7) is 4.24. The van der Waals surface area contributed by atoms with E-state index >= 15 is 0 Å². The summed E-state index contributed by atoms with van der Waals surface area (Å²) in [6.07, 6.45) is -4.50. The van der Waals surface area contributed by atoms with Crippen molar-refractivity contribution in [1.29, 1.82) is 0 Å². The molecule has 1 aliphatic rings. The summed E-state index contributed by atoms with van der Waals surface area (Å²) in [5.74, 6) is -4.97. The van der Waals surface area contributed by atoms with Crippen LogP contribution in [-0.4, -0.2) is 23.5 Å². The third kappa shape index (κ3) is 4.51. The first-order valence-electron chi connectivity index (χ1n) is 8.60. The van der Waals surface area contributed by atoms with Crippen LogP contribution in [0.5, 0.6) is 0 Å². The first-order chi connectivity index (χ1) is 13.4. The molecular weight excluding hydrogens is 391 g/mol. The minimum atomic E-state index is -4.50. The van der Waals surface area contributed by atoms with E-state index in [0.717, 1.165) is 12.1 Å². The Kier molecular flexibility index (Phi) is 5.04.